The second-order valence-corrected chi connectivity index (χ2v) is 5.75. The highest BCUT2D eigenvalue weighted by atomic mass is 127. The van der Waals surface area contributed by atoms with Crippen LogP contribution in [-0.2, 0) is 0 Å². The van der Waals surface area contributed by atoms with Gasteiger partial charge in [0.15, 0.2) is 0 Å². The summed E-state index contributed by atoms with van der Waals surface area (Å²) in [6, 6.07) is 15.7. The van der Waals surface area contributed by atoms with E-state index in [0.717, 1.165) is 31.7 Å². The molecule has 0 spiro atoms. The van der Waals surface area contributed by atoms with Gasteiger partial charge in [-0.1, -0.05) is 29.4 Å². The predicted octanol–water partition coefficient (Wildman–Crippen LogP) is 4.20. The first kappa shape index (κ1) is 13.9. The number of methoxy groups -OCH3 is 1. The summed E-state index contributed by atoms with van der Waals surface area (Å²) >= 11 is 2.27. The van der Waals surface area contributed by atoms with Crippen molar-refractivity contribution in [2.45, 2.75) is 0 Å². The van der Waals surface area contributed by atoms with Gasteiger partial charge in [0.1, 0.15) is 11.4 Å². The van der Waals surface area contributed by atoms with Gasteiger partial charge >= 0.3 is 0 Å². The van der Waals surface area contributed by atoms with E-state index in [0.29, 0.717) is 5.88 Å². The van der Waals surface area contributed by atoms with Crippen LogP contribution < -0.4 is 10.5 Å². The monoisotopic (exact) mass is 392 g/mol. The third kappa shape index (κ3) is 2.73. The Hall–Kier alpha value is -2.02. The van der Waals surface area contributed by atoms with Gasteiger partial charge in [0, 0.05) is 9.13 Å². The first-order valence-electron chi connectivity index (χ1n) is 6.34. The third-order valence-electron chi connectivity index (χ3n) is 3.20. The summed E-state index contributed by atoms with van der Waals surface area (Å²) in [5.41, 5.74) is 9.44. The fourth-order valence-corrected chi connectivity index (χ4v) is 2.72. The lowest BCUT2D eigenvalue weighted by atomic mass is 10.0. The van der Waals surface area contributed by atoms with Gasteiger partial charge in [0.2, 0.25) is 5.88 Å². The number of hydrogen-bond donors (Lipinski definition) is 1. The zero-order chi connectivity index (χ0) is 14.8. The summed E-state index contributed by atoms with van der Waals surface area (Å²) < 4.78 is 11.5. The first-order chi connectivity index (χ1) is 10.2. The summed E-state index contributed by atoms with van der Waals surface area (Å²) in [7, 11) is 1.64. The van der Waals surface area contributed by atoms with E-state index in [9.17, 15) is 0 Å². The van der Waals surface area contributed by atoms with Gasteiger partial charge in [-0.15, -0.1) is 0 Å². The smallest absolute Gasteiger partial charge is 0.230 e. The van der Waals surface area contributed by atoms with Crippen molar-refractivity contribution in [1.82, 2.24) is 5.16 Å². The lowest BCUT2D eigenvalue weighted by Crippen LogP contribution is -1.89. The maximum atomic E-state index is 5.96. The molecule has 5 heteroatoms. The molecule has 0 atom stereocenters. The van der Waals surface area contributed by atoms with Crippen molar-refractivity contribution in [2.75, 3.05) is 12.8 Å². The normalized spacial score (nSPS) is 10.6. The third-order valence-corrected chi connectivity index (χ3v) is 3.87. The number of nitrogens with zero attached hydrogens (tertiary/aromatic N) is 1. The van der Waals surface area contributed by atoms with E-state index < -0.39 is 0 Å². The maximum absolute atomic E-state index is 5.96. The summed E-state index contributed by atoms with van der Waals surface area (Å²) in [5.74, 6) is 1.11. The molecule has 0 aliphatic rings. The van der Waals surface area contributed by atoms with Gasteiger partial charge in [-0.3, -0.25) is 0 Å². The van der Waals surface area contributed by atoms with Crippen LogP contribution in [-0.4, -0.2) is 12.3 Å². The van der Waals surface area contributed by atoms with Gasteiger partial charge in [0.25, 0.3) is 0 Å². The van der Waals surface area contributed by atoms with E-state index in [4.69, 9.17) is 15.0 Å². The number of benzene rings is 2. The van der Waals surface area contributed by atoms with Crippen molar-refractivity contribution >= 4 is 28.5 Å². The van der Waals surface area contributed by atoms with E-state index in [2.05, 4.69) is 27.7 Å². The average molecular weight is 392 g/mol. The molecular weight excluding hydrogens is 379 g/mol. The molecule has 1 aromatic heterocycles. The van der Waals surface area contributed by atoms with Crippen molar-refractivity contribution < 1.29 is 9.26 Å². The lowest BCUT2D eigenvalue weighted by Gasteiger charge is -2.05. The zero-order valence-electron chi connectivity index (χ0n) is 11.3. The molecule has 1 heterocycles. The topological polar surface area (TPSA) is 61.3 Å². The van der Waals surface area contributed by atoms with Gasteiger partial charge < -0.3 is 15.0 Å². The number of nitrogens with two attached hydrogens (primary N) is 1. The molecule has 0 aliphatic heterocycles. The highest BCUT2D eigenvalue weighted by Crippen LogP contribution is 2.37. The minimum absolute atomic E-state index is 0.314. The minimum atomic E-state index is 0.314. The molecule has 106 valence electrons. The number of hydrogen-bond acceptors (Lipinski definition) is 4. The quantitative estimate of drug-likeness (QED) is 0.679. The highest BCUT2D eigenvalue weighted by Gasteiger charge is 2.17. The van der Waals surface area contributed by atoms with E-state index >= 15 is 0 Å². The van der Waals surface area contributed by atoms with Crippen molar-refractivity contribution in [3.8, 4) is 28.1 Å². The molecule has 0 aliphatic carbocycles. The molecule has 3 aromatic rings. The zero-order valence-corrected chi connectivity index (χ0v) is 13.5. The van der Waals surface area contributed by atoms with Crippen molar-refractivity contribution in [1.29, 1.82) is 0 Å². The fraction of sp³-hybridized carbons (Fsp3) is 0.0625. The molecule has 0 radical (unpaired) electrons. The predicted molar refractivity (Wildman–Crippen MR) is 91.1 cm³/mol. The van der Waals surface area contributed by atoms with Crippen LogP contribution in [0.2, 0.25) is 0 Å². The molecule has 3 rings (SSSR count). The first-order valence-corrected chi connectivity index (χ1v) is 7.42. The summed E-state index contributed by atoms with van der Waals surface area (Å²) in [5, 5.41) is 4.11. The lowest BCUT2D eigenvalue weighted by molar-refractivity contribution is 0.415. The summed E-state index contributed by atoms with van der Waals surface area (Å²) in [4.78, 5) is 0. The van der Waals surface area contributed by atoms with Crippen LogP contribution in [0, 0.1) is 3.57 Å². The van der Waals surface area contributed by atoms with E-state index in [1.165, 1.54) is 0 Å². The van der Waals surface area contributed by atoms with Crippen LogP contribution in [0.4, 0.5) is 5.88 Å². The van der Waals surface area contributed by atoms with Crippen molar-refractivity contribution in [3.05, 3.63) is 52.1 Å². The highest BCUT2D eigenvalue weighted by molar-refractivity contribution is 14.1. The Morgan fingerprint density at radius 3 is 2.52 bits per heavy atom. The standard InChI is InChI=1S/C16H13IN2O2/c1-20-13-7-5-10(6-8-13)14-15(19-21-16(14)18)11-3-2-4-12(17)9-11/h2-9H,18H2,1H3. The molecule has 0 amide bonds. The van der Waals surface area contributed by atoms with Gasteiger partial charge in [-0.25, -0.2) is 0 Å². The van der Waals surface area contributed by atoms with Crippen LogP contribution in [0.5, 0.6) is 5.75 Å². The number of rotatable bonds is 3. The van der Waals surface area contributed by atoms with Gasteiger partial charge in [0.05, 0.1) is 12.7 Å². The van der Waals surface area contributed by atoms with E-state index in [1.54, 1.807) is 7.11 Å². The summed E-state index contributed by atoms with van der Waals surface area (Å²) in [6.07, 6.45) is 0. The second-order valence-electron chi connectivity index (χ2n) is 4.51. The van der Waals surface area contributed by atoms with Crippen molar-refractivity contribution in [3.63, 3.8) is 0 Å². The molecule has 4 nitrogen and oxygen atoms in total. The molecular formula is C16H13IN2O2. The van der Waals surface area contributed by atoms with Crippen LogP contribution in [0.15, 0.2) is 53.1 Å². The van der Waals surface area contributed by atoms with Crippen LogP contribution in [0.25, 0.3) is 22.4 Å². The Morgan fingerprint density at radius 2 is 1.86 bits per heavy atom. The van der Waals surface area contributed by atoms with E-state index in [-0.39, 0.29) is 0 Å². The summed E-state index contributed by atoms with van der Waals surface area (Å²) in [6.45, 7) is 0. The Balaban J connectivity index is 2.12. The molecule has 0 bridgehead atoms. The van der Waals surface area contributed by atoms with Gasteiger partial charge in [-0.2, -0.15) is 0 Å². The second kappa shape index (κ2) is 5.77. The number of anilines is 1. The molecule has 21 heavy (non-hydrogen) atoms. The largest absolute Gasteiger partial charge is 0.497 e. The fourth-order valence-electron chi connectivity index (χ4n) is 2.17. The molecule has 0 unspecified atom stereocenters. The van der Waals surface area contributed by atoms with Crippen LogP contribution >= 0.6 is 22.6 Å². The molecule has 0 saturated heterocycles. The van der Waals surface area contributed by atoms with Crippen LogP contribution in [0.3, 0.4) is 0 Å². The Labute approximate surface area is 136 Å². The number of ether oxygens (including phenoxy) is 1. The minimum Gasteiger partial charge on any atom is -0.497 e. The van der Waals surface area contributed by atoms with E-state index in [1.807, 2.05) is 48.5 Å². The molecule has 0 fully saturated rings. The Bertz CT molecular complexity index is 766. The van der Waals surface area contributed by atoms with Crippen LogP contribution in [0.1, 0.15) is 0 Å². The molecule has 2 aromatic carbocycles. The number of halogens is 1. The Kier molecular flexibility index (Phi) is 3.83. The SMILES string of the molecule is COc1ccc(-c2c(-c3cccc(I)c3)noc2N)cc1. The molecule has 2 N–H and O–H groups in total. The number of nitrogen functional groups attached to an aromatic ring is 1. The maximum Gasteiger partial charge on any atom is 0.230 e. The van der Waals surface area contributed by atoms with Crippen molar-refractivity contribution in [2.24, 2.45) is 0 Å². The average Bonchev–Trinajstić information content (AvgIpc) is 2.89. The molecule has 0 saturated carbocycles. The Morgan fingerprint density at radius 1 is 1.10 bits per heavy atom. The number of aromatic nitrogens is 1. The van der Waals surface area contributed by atoms with Gasteiger partial charge in [-0.05, 0) is 52.4 Å².